The SMILES string of the molecule is CCOC(=O)CCCCCCN(c1ccccn1)c1cc(C2=CCCC(N3CC3)=C2)ccn1. The summed E-state index contributed by atoms with van der Waals surface area (Å²) in [7, 11) is 0. The monoisotopic (exact) mass is 446 g/mol. The van der Waals surface area contributed by atoms with Crippen molar-refractivity contribution in [1.29, 1.82) is 0 Å². The number of anilines is 2. The fraction of sp³-hybridized carbons (Fsp3) is 0.444. The maximum absolute atomic E-state index is 11.5. The van der Waals surface area contributed by atoms with Gasteiger partial charge in [-0.05, 0) is 74.1 Å². The molecule has 1 aliphatic carbocycles. The molecule has 0 amide bonds. The summed E-state index contributed by atoms with van der Waals surface area (Å²) in [6.07, 6.45) is 15.1. The van der Waals surface area contributed by atoms with E-state index < -0.39 is 0 Å². The molecule has 1 saturated heterocycles. The minimum atomic E-state index is -0.0960. The van der Waals surface area contributed by atoms with Gasteiger partial charge in [-0.15, -0.1) is 0 Å². The second-order valence-corrected chi connectivity index (χ2v) is 8.53. The van der Waals surface area contributed by atoms with Gasteiger partial charge in [0.25, 0.3) is 0 Å². The number of esters is 1. The molecule has 1 fully saturated rings. The van der Waals surface area contributed by atoms with E-state index in [1.54, 1.807) is 0 Å². The molecule has 0 aromatic carbocycles. The van der Waals surface area contributed by atoms with Crippen LogP contribution in [0.15, 0.2) is 60.6 Å². The van der Waals surface area contributed by atoms with Crippen LogP contribution in [0, 0.1) is 0 Å². The molecule has 174 valence electrons. The molecule has 0 radical (unpaired) electrons. The highest BCUT2D eigenvalue weighted by molar-refractivity contribution is 5.77. The largest absolute Gasteiger partial charge is 0.466 e. The molecule has 2 aliphatic rings. The molecule has 0 unspecified atom stereocenters. The lowest BCUT2D eigenvalue weighted by molar-refractivity contribution is -0.143. The molecular formula is C27H34N4O2. The minimum Gasteiger partial charge on any atom is -0.466 e. The van der Waals surface area contributed by atoms with E-state index in [-0.39, 0.29) is 5.97 Å². The Bertz CT molecular complexity index is 983. The molecule has 0 bridgehead atoms. The van der Waals surface area contributed by atoms with Gasteiger partial charge >= 0.3 is 5.97 Å². The molecule has 0 spiro atoms. The van der Waals surface area contributed by atoms with Crippen molar-refractivity contribution in [3.8, 4) is 0 Å². The van der Waals surface area contributed by atoms with Crippen molar-refractivity contribution >= 4 is 23.2 Å². The Balaban J connectivity index is 1.42. The third kappa shape index (κ3) is 6.67. The Labute approximate surface area is 197 Å². The van der Waals surface area contributed by atoms with Crippen LogP contribution in [0.1, 0.15) is 57.4 Å². The lowest BCUT2D eigenvalue weighted by Crippen LogP contribution is -2.20. The number of carbonyl (C=O) groups excluding carboxylic acids is 1. The Morgan fingerprint density at radius 2 is 1.91 bits per heavy atom. The van der Waals surface area contributed by atoms with Crippen molar-refractivity contribution in [2.24, 2.45) is 0 Å². The average Bonchev–Trinajstić information content (AvgIpc) is 3.70. The first-order chi connectivity index (χ1) is 16.2. The van der Waals surface area contributed by atoms with E-state index in [0.29, 0.717) is 13.0 Å². The fourth-order valence-corrected chi connectivity index (χ4v) is 4.21. The summed E-state index contributed by atoms with van der Waals surface area (Å²) in [4.78, 5) is 25.5. The highest BCUT2D eigenvalue weighted by Crippen LogP contribution is 2.32. The maximum Gasteiger partial charge on any atom is 0.305 e. The van der Waals surface area contributed by atoms with E-state index in [2.05, 4.69) is 39.1 Å². The molecular weight excluding hydrogens is 412 g/mol. The lowest BCUT2D eigenvalue weighted by Gasteiger charge is -2.24. The van der Waals surface area contributed by atoms with Gasteiger partial charge in [-0.1, -0.05) is 25.0 Å². The van der Waals surface area contributed by atoms with Gasteiger partial charge in [0.1, 0.15) is 11.6 Å². The Kier molecular flexibility index (Phi) is 8.12. The molecule has 6 heteroatoms. The van der Waals surface area contributed by atoms with Gasteiger partial charge in [-0.2, -0.15) is 0 Å². The molecule has 4 rings (SSSR count). The number of nitrogens with zero attached hydrogens (tertiary/aromatic N) is 4. The lowest BCUT2D eigenvalue weighted by atomic mass is 9.98. The van der Waals surface area contributed by atoms with Crippen LogP contribution in [0.4, 0.5) is 11.6 Å². The van der Waals surface area contributed by atoms with Crippen molar-refractivity contribution in [2.45, 2.75) is 51.9 Å². The van der Waals surface area contributed by atoms with Crippen molar-refractivity contribution in [1.82, 2.24) is 14.9 Å². The van der Waals surface area contributed by atoms with Gasteiger partial charge in [0.2, 0.25) is 0 Å². The molecule has 3 heterocycles. The number of hydrogen-bond donors (Lipinski definition) is 0. The summed E-state index contributed by atoms with van der Waals surface area (Å²) in [5.74, 6) is 1.74. The Hall–Kier alpha value is -3.15. The number of hydrogen-bond acceptors (Lipinski definition) is 6. The van der Waals surface area contributed by atoms with Crippen LogP contribution < -0.4 is 4.90 Å². The summed E-state index contributed by atoms with van der Waals surface area (Å²) in [5, 5.41) is 0. The molecule has 0 atom stereocenters. The highest BCUT2D eigenvalue weighted by Gasteiger charge is 2.22. The van der Waals surface area contributed by atoms with Gasteiger partial charge < -0.3 is 14.5 Å². The van der Waals surface area contributed by atoms with E-state index in [4.69, 9.17) is 9.72 Å². The van der Waals surface area contributed by atoms with Crippen molar-refractivity contribution < 1.29 is 9.53 Å². The van der Waals surface area contributed by atoms with E-state index in [9.17, 15) is 4.79 Å². The predicted octanol–water partition coefficient (Wildman–Crippen LogP) is 5.51. The molecule has 33 heavy (non-hydrogen) atoms. The molecule has 6 nitrogen and oxygen atoms in total. The number of unbranched alkanes of at least 4 members (excludes halogenated alkanes) is 3. The Morgan fingerprint density at radius 3 is 2.70 bits per heavy atom. The van der Waals surface area contributed by atoms with Crippen LogP contribution in [-0.2, 0) is 9.53 Å². The number of carbonyl (C=O) groups is 1. The quantitative estimate of drug-likeness (QED) is 0.244. The summed E-state index contributed by atoms with van der Waals surface area (Å²) in [5.41, 5.74) is 3.94. The van der Waals surface area contributed by atoms with Crippen LogP contribution >= 0.6 is 0 Å². The zero-order valence-electron chi connectivity index (χ0n) is 19.6. The van der Waals surface area contributed by atoms with Gasteiger partial charge in [-0.3, -0.25) is 4.79 Å². The second kappa shape index (κ2) is 11.6. The van der Waals surface area contributed by atoms with E-state index in [0.717, 1.165) is 56.7 Å². The third-order valence-electron chi connectivity index (χ3n) is 6.04. The van der Waals surface area contributed by atoms with Crippen LogP contribution in [0.3, 0.4) is 0 Å². The average molecular weight is 447 g/mol. The number of allylic oxidation sites excluding steroid dienone is 4. The number of pyridine rings is 2. The minimum absolute atomic E-state index is 0.0960. The van der Waals surface area contributed by atoms with Crippen molar-refractivity contribution in [2.75, 3.05) is 31.1 Å². The molecule has 1 aliphatic heterocycles. The van der Waals surface area contributed by atoms with Crippen molar-refractivity contribution in [3.05, 3.63) is 66.1 Å². The highest BCUT2D eigenvalue weighted by atomic mass is 16.5. The van der Waals surface area contributed by atoms with Gasteiger partial charge in [0.15, 0.2) is 0 Å². The fourth-order valence-electron chi connectivity index (χ4n) is 4.21. The third-order valence-corrected chi connectivity index (χ3v) is 6.04. The molecule has 2 aromatic heterocycles. The van der Waals surface area contributed by atoms with Crippen LogP contribution in [-0.4, -0.2) is 47.1 Å². The molecule has 2 aromatic rings. The first kappa shape index (κ1) is 23.0. The van der Waals surface area contributed by atoms with E-state index >= 15 is 0 Å². The number of aromatic nitrogens is 2. The van der Waals surface area contributed by atoms with Crippen LogP contribution in [0.2, 0.25) is 0 Å². The van der Waals surface area contributed by atoms with E-state index in [1.807, 2.05) is 37.5 Å². The van der Waals surface area contributed by atoms with E-state index in [1.165, 1.54) is 29.9 Å². The first-order valence-corrected chi connectivity index (χ1v) is 12.2. The van der Waals surface area contributed by atoms with Gasteiger partial charge in [-0.25, -0.2) is 9.97 Å². The number of ether oxygens (including phenoxy) is 1. The Morgan fingerprint density at radius 1 is 1.06 bits per heavy atom. The second-order valence-electron chi connectivity index (χ2n) is 8.53. The summed E-state index contributed by atoms with van der Waals surface area (Å²) in [6.45, 7) is 5.51. The summed E-state index contributed by atoms with van der Waals surface area (Å²) < 4.78 is 5.01. The standard InChI is InChI=1S/C27H34N4O2/c1-2-33-27(32)13-5-3-4-8-17-31(25-12-6-7-15-28-25)26-21-23(14-16-29-26)22-10-9-11-24(20-22)30-18-19-30/h6-7,10,12,14-16,20-21H,2-5,8-9,11,13,17-19H2,1H3. The molecule has 0 saturated carbocycles. The van der Waals surface area contributed by atoms with Crippen LogP contribution in [0.5, 0.6) is 0 Å². The van der Waals surface area contributed by atoms with Crippen molar-refractivity contribution in [3.63, 3.8) is 0 Å². The normalized spacial score (nSPS) is 15.0. The predicted molar refractivity (Wildman–Crippen MR) is 132 cm³/mol. The smallest absolute Gasteiger partial charge is 0.305 e. The maximum atomic E-state index is 11.5. The molecule has 0 N–H and O–H groups in total. The topological polar surface area (TPSA) is 58.3 Å². The van der Waals surface area contributed by atoms with Crippen LogP contribution in [0.25, 0.3) is 5.57 Å². The summed E-state index contributed by atoms with van der Waals surface area (Å²) in [6, 6.07) is 10.3. The van der Waals surface area contributed by atoms with Gasteiger partial charge in [0.05, 0.1) is 6.61 Å². The first-order valence-electron chi connectivity index (χ1n) is 12.2. The zero-order chi connectivity index (χ0) is 22.9. The zero-order valence-corrected chi connectivity index (χ0v) is 19.6. The van der Waals surface area contributed by atoms with Gasteiger partial charge in [0, 0.05) is 44.1 Å². The number of rotatable bonds is 12. The summed E-state index contributed by atoms with van der Waals surface area (Å²) >= 11 is 0.